The molecule has 0 aliphatic rings. The quantitative estimate of drug-likeness (QED) is 0.554. The summed E-state index contributed by atoms with van der Waals surface area (Å²) in [5.74, 6) is 1.13. The fourth-order valence-electron chi connectivity index (χ4n) is 2.66. The van der Waals surface area contributed by atoms with Gasteiger partial charge < -0.3 is 9.64 Å². The first-order chi connectivity index (χ1) is 12.6. The standard InChI is InChI=1S/C22H23NO2S/c1-17(2)18-10-12-20(13-11-18)25-16-22(24)23(15-21-9-6-14-26-21)19-7-4-3-5-8-19/h3-14,17H,15-16H2,1-2H3. The Bertz CT molecular complexity index is 811. The van der Waals surface area contributed by atoms with Crippen LogP contribution in [-0.4, -0.2) is 12.5 Å². The highest BCUT2D eigenvalue weighted by molar-refractivity contribution is 7.09. The summed E-state index contributed by atoms with van der Waals surface area (Å²) in [5.41, 5.74) is 2.14. The molecule has 0 atom stereocenters. The molecular weight excluding hydrogens is 342 g/mol. The van der Waals surface area contributed by atoms with Crippen LogP contribution in [-0.2, 0) is 11.3 Å². The highest BCUT2D eigenvalue weighted by atomic mass is 32.1. The molecule has 0 unspecified atom stereocenters. The summed E-state index contributed by atoms with van der Waals surface area (Å²) in [6.45, 7) is 4.88. The minimum Gasteiger partial charge on any atom is -0.484 e. The number of carbonyl (C=O) groups is 1. The number of amides is 1. The first kappa shape index (κ1) is 18.2. The van der Waals surface area contributed by atoms with Gasteiger partial charge in [0, 0.05) is 10.6 Å². The van der Waals surface area contributed by atoms with Gasteiger partial charge in [-0.05, 0) is 47.2 Å². The number of thiophene rings is 1. The van der Waals surface area contributed by atoms with Crippen LogP contribution in [0.25, 0.3) is 0 Å². The van der Waals surface area contributed by atoms with E-state index >= 15 is 0 Å². The summed E-state index contributed by atoms with van der Waals surface area (Å²) in [4.78, 5) is 15.7. The van der Waals surface area contributed by atoms with Crippen molar-refractivity contribution in [2.45, 2.75) is 26.3 Å². The monoisotopic (exact) mass is 365 g/mol. The number of hydrogen-bond acceptors (Lipinski definition) is 3. The molecule has 3 rings (SSSR count). The Labute approximate surface area is 158 Å². The van der Waals surface area contributed by atoms with Gasteiger partial charge in [0.15, 0.2) is 6.61 Å². The fraction of sp³-hybridized carbons (Fsp3) is 0.227. The van der Waals surface area contributed by atoms with E-state index in [9.17, 15) is 4.79 Å². The Morgan fingerprint density at radius 2 is 1.73 bits per heavy atom. The zero-order valence-electron chi connectivity index (χ0n) is 15.1. The van der Waals surface area contributed by atoms with Gasteiger partial charge in [-0.2, -0.15) is 0 Å². The van der Waals surface area contributed by atoms with Crippen molar-refractivity contribution in [1.29, 1.82) is 0 Å². The van der Waals surface area contributed by atoms with Crippen molar-refractivity contribution in [2.75, 3.05) is 11.5 Å². The van der Waals surface area contributed by atoms with Crippen molar-refractivity contribution >= 4 is 22.9 Å². The van der Waals surface area contributed by atoms with Crippen LogP contribution >= 0.6 is 11.3 Å². The Hall–Kier alpha value is -2.59. The van der Waals surface area contributed by atoms with Crippen molar-refractivity contribution in [1.82, 2.24) is 0 Å². The van der Waals surface area contributed by atoms with Gasteiger partial charge >= 0.3 is 0 Å². The zero-order valence-corrected chi connectivity index (χ0v) is 15.9. The molecule has 134 valence electrons. The molecular formula is C22H23NO2S. The van der Waals surface area contributed by atoms with Crippen LogP contribution in [0.4, 0.5) is 5.69 Å². The molecule has 0 aliphatic carbocycles. The molecule has 2 aromatic carbocycles. The van der Waals surface area contributed by atoms with E-state index in [4.69, 9.17) is 4.74 Å². The lowest BCUT2D eigenvalue weighted by Gasteiger charge is -2.22. The number of carbonyl (C=O) groups excluding carboxylic acids is 1. The summed E-state index contributed by atoms with van der Waals surface area (Å²) in [6, 6.07) is 21.7. The number of rotatable bonds is 7. The topological polar surface area (TPSA) is 29.5 Å². The lowest BCUT2D eigenvalue weighted by molar-refractivity contribution is -0.120. The van der Waals surface area contributed by atoms with E-state index in [-0.39, 0.29) is 12.5 Å². The first-order valence-electron chi connectivity index (χ1n) is 8.74. The van der Waals surface area contributed by atoms with Gasteiger partial charge in [-0.25, -0.2) is 0 Å². The summed E-state index contributed by atoms with van der Waals surface area (Å²) >= 11 is 1.65. The van der Waals surface area contributed by atoms with Gasteiger partial charge in [-0.15, -0.1) is 11.3 Å². The highest BCUT2D eigenvalue weighted by Gasteiger charge is 2.17. The van der Waals surface area contributed by atoms with Crippen LogP contribution in [0.15, 0.2) is 72.1 Å². The molecule has 4 heteroatoms. The predicted octanol–water partition coefficient (Wildman–Crippen LogP) is 5.48. The molecule has 0 saturated heterocycles. The van der Waals surface area contributed by atoms with E-state index in [0.29, 0.717) is 18.2 Å². The smallest absolute Gasteiger partial charge is 0.265 e. The molecule has 3 aromatic rings. The number of anilines is 1. The van der Waals surface area contributed by atoms with E-state index in [1.54, 1.807) is 16.2 Å². The summed E-state index contributed by atoms with van der Waals surface area (Å²) in [5, 5.41) is 2.02. The second-order valence-electron chi connectivity index (χ2n) is 6.41. The van der Waals surface area contributed by atoms with Gasteiger partial charge in [-0.3, -0.25) is 4.79 Å². The number of benzene rings is 2. The van der Waals surface area contributed by atoms with Crippen molar-refractivity contribution < 1.29 is 9.53 Å². The van der Waals surface area contributed by atoms with Crippen molar-refractivity contribution in [3.63, 3.8) is 0 Å². The molecule has 0 spiro atoms. The molecule has 1 aromatic heterocycles. The average molecular weight is 365 g/mol. The second kappa shape index (κ2) is 8.68. The molecule has 0 N–H and O–H groups in total. The molecule has 3 nitrogen and oxygen atoms in total. The van der Waals surface area contributed by atoms with E-state index in [1.807, 2.05) is 72.1 Å². The number of para-hydroxylation sites is 1. The highest BCUT2D eigenvalue weighted by Crippen LogP contribution is 2.21. The van der Waals surface area contributed by atoms with Crippen molar-refractivity contribution in [2.24, 2.45) is 0 Å². The Morgan fingerprint density at radius 1 is 1.00 bits per heavy atom. The second-order valence-corrected chi connectivity index (χ2v) is 7.44. The van der Waals surface area contributed by atoms with Gasteiger partial charge in [0.2, 0.25) is 0 Å². The minimum atomic E-state index is -0.0578. The lowest BCUT2D eigenvalue weighted by Crippen LogP contribution is -2.34. The third-order valence-corrected chi connectivity index (χ3v) is 5.03. The average Bonchev–Trinajstić information content (AvgIpc) is 3.18. The third kappa shape index (κ3) is 4.73. The van der Waals surface area contributed by atoms with Crippen LogP contribution in [0.3, 0.4) is 0 Å². The number of nitrogens with zero attached hydrogens (tertiary/aromatic N) is 1. The molecule has 0 aliphatic heterocycles. The maximum atomic E-state index is 12.8. The maximum absolute atomic E-state index is 12.8. The Morgan fingerprint density at radius 3 is 2.35 bits per heavy atom. The SMILES string of the molecule is CC(C)c1ccc(OCC(=O)N(Cc2cccs2)c2ccccc2)cc1. The Balaban J connectivity index is 1.69. The number of hydrogen-bond donors (Lipinski definition) is 0. The van der Waals surface area contributed by atoms with E-state index in [0.717, 1.165) is 10.6 Å². The van der Waals surface area contributed by atoms with Crippen LogP contribution in [0, 0.1) is 0 Å². The van der Waals surface area contributed by atoms with Gasteiger partial charge in [-0.1, -0.05) is 50.2 Å². The van der Waals surface area contributed by atoms with E-state index in [2.05, 4.69) is 13.8 Å². The van der Waals surface area contributed by atoms with Crippen LogP contribution < -0.4 is 9.64 Å². The van der Waals surface area contributed by atoms with E-state index in [1.165, 1.54) is 5.56 Å². The first-order valence-corrected chi connectivity index (χ1v) is 9.62. The molecule has 0 bridgehead atoms. The lowest BCUT2D eigenvalue weighted by atomic mass is 10.0. The predicted molar refractivity (Wildman–Crippen MR) is 108 cm³/mol. The molecule has 0 saturated carbocycles. The summed E-state index contributed by atoms with van der Waals surface area (Å²) < 4.78 is 5.74. The van der Waals surface area contributed by atoms with E-state index < -0.39 is 0 Å². The zero-order chi connectivity index (χ0) is 18.4. The third-order valence-electron chi connectivity index (χ3n) is 4.17. The van der Waals surface area contributed by atoms with Crippen molar-refractivity contribution in [3.8, 4) is 5.75 Å². The van der Waals surface area contributed by atoms with Crippen LogP contribution in [0.5, 0.6) is 5.75 Å². The molecule has 1 amide bonds. The van der Waals surface area contributed by atoms with Gasteiger partial charge in [0.25, 0.3) is 5.91 Å². The summed E-state index contributed by atoms with van der Waals surface area (Å²) in [7, 11) is 0. The summed E-state index contributed by atoms with van der Waals surface area (Å²) in [6.07, 6.45) is 0. The molecule has 0 radical (unpaired) electrons. The van der Waals surface area contributed by atoms with Gasteiger partial charge in [0.05, 0.1) is 6.54 Å². The maximum Gasteiger partial charge on any atom is 0.265 e. The van der Waals surface area contributed by atoms with Gasteiger partial charge in [0.1, 0.15) is 5.75 Å². The number of ether oxygens (including phenoxy) is 1. The van der Waals surface area contributed by atoms with Crippen LogP contribution in [0.1, 0.15) is 30.2 Å². The minimum absolute atomic E-state index is 0.0152. The molecule has 0 fully saturated rings. The molecule has 26 heavy (non-hydrogen) atoms. The molecule has 1 heterocycles. The Kier molecular flexibility index (Phi) is 6.08. The van der Waals surface area contributed by atoms with Crippen molar-refractivity contribution in [3.05, 3.63) is 82.6 Å². The largest absolute Gasteiger partial charge is 0.484 e. The van der Waals surface area contributed by atoms with Crippen LogP contribution in [0.2, 0.25) is 0 Å². The normalized spacial score (nSPS) is 10.7. The fourth-order valence-corrected chi connectivity index (χ4v) is 3.35.